The van der Waals surface area contributed by atoms with Gasteiger partial charge in [0.2, 0.25) is 0 Å². The SMILES string of the molecule is O=S(=O)(Nc1ccnn1-c1ccccc1)c1ccc(Br)cc1. The van der Waals surface area contributed by atoms with E-state index in [0.29, 0.717) is 5.82 Å². The van der Waals surface area contributed by atoms with Crippen LogP contribution in [0.15, 0.2) is 76.2 Å². The minimum Gasteiger partial charge on any atom is -0.263 e. The lowest BCUT2D eigenvalue weighted by molar-refractivity contribution is 0.600. The van der Waals surface area contributed by atoms with Crippen molar-refractivity contribution in [3.63, 3.8) is 0 Å². The van der Waals surface area contributed by atoms with Crippen LogP contribution in [0.2, 0.25) is 0 Å². The molecule has 1 aromatic heterocycles. The van der Waals surface area contributed by atoms with Crippen molar-refractivity contribution in [3.05, 3.63) is 71.3 Å². The number of anilines is 1. The Morgan fingerprint density at radius 3 is 2.32 bits per heavy atom. The molecule has 7 heteroatoms. The molecule has 0 aliphatic carbocycles. The zero-order chi connectivity index (χ0) is 15.6. The van der Waals surface area contributed by atoms with Crippen LogP contribution in [0.3, 0.4) is 0 Å². The molecule has 0 aliphatic heterocycles. The molecule has 0 aliphatic rings. The summed E-state index contributed by atoms with van der Waals surface area (Å²) < 4.78 is 29.8. The van der Waals surface area contributed by atoms with Crippen molar-refractivity contribution in [1.82, 2.24) is 9.78 Å². The van der Waals surface area contributed by atoms with Crippen molar-refractivity contribution >= 4 is 31.8 Å². The smallest absolute Gasteiger partial charge is 0.263 e. The van der Waals surface area contributed by atoms with Gasteiger partial charge in [-0.25, -0.2) is 13.1 Å². The summed E-state index contributed by atoms with van der Waals surface area (Å²) >= 11 is 3.29. The third kappa shape index (κ3) is 3.05. The fourth-order valence-corrected chi connectivity index (χ4v) is 3.27. The van der Waals surface area contributed by atoms with E-state index in [4.69, 9.17) is 0 Å². The Morgan fingerprint density at radius 2 is 1.64 bits per heavy atom. The van der Waals surface area contributed by atoms with Gasteiger partial charge in [-0.1, -0.05) is 34.1 Å². The van der Waals surface area contributed by atoms with Crippen LogP contribution in [0.4, 0.5) is 5.82 Å². The van der Waals surface area contributed by atoms with Crippen LogP contribution in [-0.2, 0) is 10.0 Å². The molecule has 0 fully saturated rings. The number of nitrogens with zero attached hydrogens (tertiary/aromatic N) is 2. The normalized spacial score (nSPS) is 11.3. The summed E-state index contributed by atoms with van der Waals surface area (Å²) in [5, 5.41) is 4.16. The number of halogens is 1. The molecule has 0 spiro atoms. The Morgan fingerprint density at radius 1 is 0.955 bits per heavy atom. The molecule has 3 rings (SSSR count). The lowest BCUT2D eigenvalue weighted by Gasteiger charge is -2.10. The van der Waals surface area contributed by atoms with Gasteiger partial charge in [0.25, 0.3) is 10.0 Å². The molecule has 0 amide bonds. The van der Waals surface area contributed by atoms with Gasteiger partial charge in [-0.15, -0.1) is 0 Å². The molecule has 1 N–H and O–H groups in total. The van der Waals surface area contributed by atoms with E-state index in [2.05, 4.69) is 25.8 Å². The molecule has 0 unspecified atom stereocenters. The van der Waals surface area contributed by atoms with E-state index in [9.17, 15) is 8.42 Å². The van der Waals surface area contributed by atoms with Crippen molar-refractivity contribution in [2.75, 3.05) is 4.72 Å². The molecule has 0 saturated heterocycles. The molecular weight excluding hydrogens is 366 g/mol. The maximum atomic E-state index is 12.4. The molecule has 5 nitrogen and oxygen atoms in total. The van der Waals surface area contributed by atoms with Crippen LogP contribution in [0.5, 0.6) is 0 Å². The van der Waals surface area contributed by atoms with Gasteiger partial charge in [0.05, 0.1) is 16.8 Å². The third-order valence-corrected chi connectivity index (χ3v) is 4.91. The topological polar surface area (TPSA) is 64.0 Å². The Hall–Kier alpha value is -2.12. The monoisotopic (exact) mass is 377 g/mol. The summed E-state index contributed by atoms with van der Waals surface area (Å²) in [6, 6.07) is 17.4. The van der Waals surface area contributed by atoms with Gasteiger partial charge in [-0.2, -0.15) is 5.10 Å². The van der Waals surface area contributed by atoms with Crippen LogP contribution in [-0.4, -0.2) is 18.2 Å². The fraction of sp³-hybridized carbons (Fsp3) is 0. The maximum absolute atomic E-state index is 12.4. The first-order chi connectivity index (χ1) is 10.6. The summed E-state index contributed by atoms with van der Waals surface area (Å²) in [6.07, 6.45) is 1.55. The van der Waals surface area contributed by atoms with Gasteiger partial charge in [0, 0.05) is 10.5 Å². The van der Waals surface area contributed by atoms with Crippen LogP contribution in [0.25, 0.3) is 5.69 Å². The van der Waals surface area contributed by atoms with Gasteiger partial charge in [-0.3, -0.25) is 4.72 Å². The van der Waals surface area contributed by atoms with E-state index in [1.807, 2.05) is 30.3 Å². The zero-order valence-electron chi connectivity index (χ0n) is 11.3. The lowest BCUT2D eigenvalue weighted by Crippen LogP contribution is -2.15. The van der Waals surface area contributed by atoms with Crippen molar-refractivity contribution in [3.8, 4) is 5.69 Å². The second-order valence-corrected chi connectivity index (χ2v) is 7.12. The summed E-state index contributed by atoms with van der Waals surface area (Å²) in [5.41, 5.74) is 0.779. The molecule has 2 aromatic carbocycles. The third-order valence-electron chi connectivity index (χ3n) is 3.01. The van der Waals surface area contributed by atoms with Crippen molar-refractivity contribution in [1.29, 1.82) is 0 Å². The number of aromatic nitrogens is 2. The predicted octanol–water partition coefficient (Wildman–Crippen LogP) is 3.44. The molecule has 112 valence electrons. The van der Waals surface area contributed by atoms with Crippen LogP contribution in [0.1, 0.15) is 0 Å². The van der Waals surface area contributed by atoms with E-state index in [1.165, 1.54) is 16.8 Å². The fourth-order valence-electron chi connectivity index (χ4n) is 1.97. The molecule has 0 atom stereocenters. The highest BCUT2D eigenvalue weighted by molar-refractivity contribution is 9.10. The number of benzene rings is 2. The van der Waals surface area contributed by atoms with Crippen molar-refractivity contribution in [2.45, 2.75) is 4.90 Å². The summed E-state index contributed by atoms with van der Waals surface area (Å²) in [4.78, 5) is 0.191. The van der Waals surface area contributed by atoms with Crippen LogP contribution in [0, 0.1) is 0 Å². The van der Waals surface area contributed by atoms with Crippen LogP contribution < -0.4 is 4.72 Å². The molecule has 22 heavy (non-hydrogen) atoms. The maximum Gasteiger partial charge on any atom is 0.263 e. The highest BCUT2D eigenvalue weighted by Crippen LogP contribution is 2.20. The second-order valence-electron chi connectivity index (χ2n) is 4.52. The standard InChI is InChI=1S/C15H12BrN3O2S/c16-12-6-8-14(9-7-12)22(20,21)18-15-10-11-17-19(15)13-4-2-1-3-5-13/h1-11,18H. The quantitative estimate of drug-likeness (QED) is 0.757. The number of para-hydroxylation sites is 1. The molecule has 3 aromatic rings. The number of sulfonamides is 1. The first-order valence-electron chi connectivity index (χ1n) is 6.44. The Labute approximate surface area is 136 Å². The van der Waals surface area contributed by atoms with E-state index in [0.717, 1.165) is 10.2 Å². The van der Waals surface area contributed by atoms with E-state index >= 15 is 0 Å². The molecule has 0 saturated carbocycles. The summed E-state index contributed by atoms with van der Waals surface area (Å²) in [6.45, 7) is 0. The number of hydrogen-bond donors (Lipinski definition) is 1. The largest absolute Gasteiger partial charge is 0.263 e. The molecule has 0 radical (unpaired) electrons. The van der Waals surface area contributed by atoms with Crippen LogP contribution >= 0.6 is 15.9 Å². The van der Waals surface area contributed by atoms with E-state index < -0.39 is 10.0 Å². The molecular formula is C15H12BrN3O2S. The first-order valence-corrected chi connectivity index (χ1v) is 8.72. The van der Waals surface area contributed by atoms with Gasteiger partial charge in [0.1, 0.15) is 5.82 Å². The number of hydrogen-bond acceptors (Lipinski definition) is 3. The summed E-state index contributed by atoms with van der Waals surface area (Å²) in [7, 11) is -3.66. The second kappa shape index (κ2) is 5.94. The van der Waals surface area contributed by atoms with Crippen molar-refractivity contribution < 1.29 is 8.42 Å². The Balaban J connectivity index is 1.94. The van der Waals surface area contributed by atoms with E-state index in [-0.39, 0.29) is 4.90 Å². The minimum atomic E-state index is -3.66. The lowest BCUT2D eigenvalue weighted by atomic mass is 10.3. The van der Waals surface area contributed by atoms with Gasteiger partial charge >= 0.3 is 0 Å². The highest BCUT2D eigenvalue weighted by Gasteiger charge is 2.16. The predicted molar refractivity (Wildman–Crippen MR) is 88.5 cm³/mol. The Kier molecular flexibility index (Phi) is 4.00. The average molecular weight is 378 g/mol. The van der Waals surface area contributed by atoms with Crippen molar-refractivity contribution in [2.24, 2.45) is 0 Å². The van der Waals surface area contributed by atoms with Gasteiger partial charge in [0.15, 0.2) is 0 Å². The Bertz CT molecular complexity index is 875. The number of nitrogens with one attached hydrogen (secondary N) is 1. The average Bonchev–Trinajstić information content (AvgIpc) is 2.96. The molecule has 1 heterocycles. The first kappa shape index (κ1) is 14.8. The number of rotatable bonds is 4. The molecule has 0 bridgehead atoms. The van der Waals surface area contributed by atoms with Gasteiger partial charge in [-0.05, 0) is 36.4 Å². The zero-order valence-corrected chi connectivity index (χ0v) is 13.8. The van der Waals surface area contributed by atoms with Gasteiger partial charge < -0.3 is 0 Å². The minimum absolute atomic E-state index is 0.191. The summed E-state index contributed by atoms with van der Waals surface area (Å²) in [5.74, 6) is 0.383. The highest BCUT2D eigenvalue weighted by atomic mass is 79.9. The van der Waals surface area contributed by atoms with E-state index in [1.54, 1.807) is 24.4 Å².